The minimum absolute atomic E-state index is 0.0624. The van der Waals surface area contributed by atoms with Crippen molar-refractivity contribution in [2.45, 2.75) is 12.5 Å². The molecule has 0 aliphatic heterocycles. The summed E-state index contributed by atoms with van der Waals surface area (Å²) >= 11 is 3.07. The van der Waals surface area contributed by atoms with Gasteiger partial charge in [-0.2, -0.15) is 0 Å². The van der Waals surface area contributed by atoms with Crippen LogP contribution in [0.2, 0.25) is 0 Å². The number of nitrogens with zero attached hydrogens (tertiary/aromatic N) is 2. The molecule has 0 fully saturated rings. The third-order valence-electron chi connectivity index (χ3n) is 1.92. The molecule has 0 aromatic carbocycles. The van der Waals surface area contributed by atoms with E-state index in [1.54, 1.807) is 11.3 Å². The number of rotatable bonds is 4. The molecule has 0 spiro atoms. The van der Waals surface area contributed by atoms with Gasteiger partial charge in [-0.25, -0.2) is 0 Å². The Morgan fingerprint density at radius 3 is 3.07 bits per heavy atom. The first-order valence-corrected chi connectivity index (χ1v) is 5.87. The van der Waals surface area contributed by atoms with E-state index in [0.29, 0.717) is 0 Å². The first-order valence-electron chi connectivity index (χ1n) is 4.15. The largest absolute Gasteiger partial charge is 0.271 e. The molecule has 1 atom stereocenters. The van der Waals surface area contributed by atoms with Crippen molar-refractivity contribution in [3.05, 3.63) is 33.5 Å². The molecule has 2 rings (SSSR count). The molecule has 2 aromatic rings. The number of nitrogens with two attached hydrogens (primary N) is 1. The van der Waals surface area contributed by atoms with Crippen molar-refractivity contribution < 1.29 is 0 Å². The number of thiophene rings is 1. The third kappa shape index (κ3) is 2.16. The van der Waals surface area contributed by atoms with Gasteiger partial charge in [0.25, 0.3) is 0 Å². The average molecular weight is 226 g/mol. The molecule has 4 nitrogen and oxygen atoms in total. The van der Waals surface area contributed by atoms with Crippen LogP contribution < -0.4 is 11.3 Å². The highest BCUT2D eigenvalue weighted by Crippen LogP contribution is 2.19. The Morgan fingerprint density at radius 2 is 2.50 bits per heavy atom. The lowest BCUT2D eigenvalue weighted by Crippen LogP contribution is -2.29. The second kappa shape index (κ2) is 4.61. The smallest absolute Gasteiger partial charge is 0.0941 e. The fourth-order valence-electron chi connectivity index (χ4n) is 1.20. The topological polar surface area (TPSA) is 63.8 Å². The van der Waals surface area contributed by atoms with Crippen LogP contribution in [0.4, 0.5) is 0 Å². The van der Waals surface area contributed by atoms with E-state index < -0.39 is 0 Å². The second-order valence-corrected chi connectivity index (χ2v) is 4.47. The minimum Gasteiger partial charge on any atom is -0.271 e. The third-order valence-corrected chi connectivity index (χ3v) is 3.34. The summed E-state index contributed by atoms with van der Waals surface area (Å²) in [5.41, 5.74) is 3.66. The van der Waals surface area contributed by atoms with Gasteiger partial charge in [0.15, 0.2) is 0 Å². The standard InChI is InChI=1S/C8H10N4S2/c9-10-7(8-5-14-12-11-8)4-6-2-1-3-13-6/h1-3,5,7,10H,4,9H2. The normalized spacial score (nSPS) is 12.9. The van der Waals surface area contributed by atoms with Crippen LogP contribution in [0.5, 0.6) is 0 Å². The molecule has 14 heavy (non-hydrogen) atoms. The summed E-state index contributed by atoms with van der Waals surface area (Å²) < 4.78 is 3.82. The fraction of sp³-hybridized carbons (Fsp3) is 0.250. The highest BCUT2D eigenvalue weighted by Gasteiger charge is 2.13. The van der Waals surface area contributed by atoms with E-state index in [9.17, 15) is 0 Å². The molecule has 6 heteroatoms. The van der Waals surface area contributed by atoms with Gasteiger partial charge in [-0.05, 0) is 23.0 Å². The molecular weight excluding hydrogens is 216 g/mol. The van der Waals surface area contributed by atoms with E-state index in [1.807, 2.05) is 11.4 Å². The van der Waals surface area contributed by atoms with E-state index in [2.05, 4.69) is 26.5 Å². The molecule has 0 aliphatic carbocycles. The molecule has 3 N–H and O–H groups in total. The van der Waals surface area contributed by atoms with Crippen molar-refractivity contribution in [3.63, 3.8) is 0 Å². The fourth-order valence-corrected chi connectivity index (χ4v) is 2.46. The SMILES string of the molecule is NNC(Cc1cccs1)c1csnn1. The first-order chi connectivity index (χ1) is 6.90. The maximum Gasteiger partial charge on any atom is 0.0941 e. The van der Waals surface area contributed by atoms with E-state index in [-0.39, 0.29) is 6.04 Å². The van der Waals surface area contributed by atoms with Crippen LogP contribution >= 0.6 is 22.9 Å². The van der Waals surface area contributed by atoms with Gasteiger partial charge in [-0.1, -0.05) is 10.6 Å². The predicted octanol–water partition coefficient (Wildman–Crippen LogP) is 1.35. The highest BCUT2D eigenvalue weighted by molar-refractivity contribution is 7.09. The number of hydrogen-bond donors (Lipinski definition) is 2. The van der Waals surface area contributed by atoms with Crippen LogP contribution in [0.3, 0.4) is 0 Å². The van der Waals surface area contributed by atoms with Gasteiger partial charge in [-0.15, -0.1) is 16.4 Å². The average Bonchev–Trinajstić information content (AvgIpc) is 2.86. The minimum atomic E-state index is 0.0624. The van der Waals surface area contributed by atoms with Crippen molar-refractivity contribution in [2.75, 3.05) is 0 Å². The van der Waals surface area contributed by atoms with Crippen LogP contribution in [0.15, 0.2) is 22.9 Å². The predicted molar refractivity (Wildman–Crippen MR) is 58.0 cm³/mol. The molecule has 2 aromatic heterocycles. The van der Waals surface area contributed by atoms with Gasteiger partial charge in [-0.3, -0.25) is 11.3 Å². The van der Waals surface area contributed by atoms with Crippen molar-refractivity contribution in [2.24, 2.45) is 5.84 Å². The Labute approximate surface area is 89.9 Å². The van der Waals surface area contributed by atoms with Crippen molar-refractivity contribution in [3.8, 4) is 0 Å². The monoisotopic (exact) mass is 226 g/mol. The first kappa shape index (κ1) is 9.72. The van der Waals surface area contributed by atoms with Gasteiger partial charge < -0.3 is 0 Å². The number of hydrazine groups is 1. The Hall–Kier alpha value is -0.820. The molecule has 1 unspecified atom stereocenters. The zero-order valence-electron chi connectivity index (χ0n) is 7.38. The van der Waals surface area contributed by atoms with Crippen LogP contribution in [0.25, 0.3) is 0 Å². The van der Waals surface area contributed by atoms with Crippen LogP contribution in [0, 0.1) is 0 Å². The van der Waals surface area contributed by atoms with Gasteiger partial charge >= 0.3 is 0 Å². The zero-order chi connectivity index (χ0) is 9.80. The summed E-state index contributed by atoms with van der Waals surface area (Å²) in [4.78, 5) is 1.29. The summed E-state index contributed by atoms with van der Waals surface area (Å²) in [7, 11) is 0. The summed E-state index contributed by atoms with van der Waals surface area (Å²) in [5, 5.41) is 7.97. The quantitative estimate of drug-likeness (QED) is 0.610. The van der Waals surface area contributed by atoms with Crippen LogP contribution in [-0.4, -0.2) is 9.59 Å². The van der Waals surface area contributed by atoms with Crippen LogP contribution in [0.1, 0.15) is 16.6 Å². The summed E-state index contributed by atoms with van der Waals surface area (Å²) in [6, 6.07) is 4.19. The number of nitrogens with one attached hydrogen (secondary N) is 1. The number of aromatic nitrogens is 2. The van der Waals surface area contributed by atoms with Crippen molar-refractivity contribution in [1.82, 2.24) is 15.0 Å². The molecule has 0 radical (unpaired) electrons. The molecule has 74 valence electrons. The Bertz CT molecular complexity index is 357. The van der Waals surface area contributed by atoms with E-state index >= 15 is 0 Å². The van der Waals surface area contributed by atoms with E-state index in [4.69, 9.17) is 5.84 Å². The summed E-state index contributed by atoms with van der Waals surface area (Å²) in [6.45, 7) is 0. The highest BCUT2D eigenvalue weighted by atomic mass is 32.1. The van der Waals surface area contributed by atoms with Crippen molar-refractivity contribution >= 4 is 22.9 Å². The maximum atomic E-state index is 5.47. The van der Waals surface area contributed by atoms with Crippen molar-refractivity contribution in [1.29, 1.82) is 0 Å². The molecule has 2 heterocycles. The Kier molecular flexibility index (Phi) is 3.20. The maximum absolute atomic E-state index is 5.47. The molecular formula is C8H10N4S2. The summed E-state index contributed by atoms with van der Waals surface area (Å²) in [6.07, 6.45) is 0.861. The lowest BCUT2D eigenvalue weighted by Gasteiger charge is -2.10. The molecule has 0 aliphatic rings. The van der Waals surface area contributed by atoms with Gasteiger partial charge in [0.1, 0.15) is 0 Å². The van der Waals surface area contributed by atoms with E-state index in [1.165, 1.54) is 16.4 Å². The molecule has 0 bridgehead atoms. The van der Waals surface area contributed by atoms with Gasteiger partial charge in [0.05, 0.1) is 11.7 Å². The lowest BCUT2D eigenvalue weighted by atomic mass is 10.1. The lowest BCUT2D eigenvalue weighted by molar-refractivity contribution is 0.540. The second-order valence-electron chi connectivity index (χ2n) is 2.83. The number of hydrogen-bond acceptors (Lipinski definition) is 6. The molecule has 0 saturated carbocycles. The van der Waals surface area contributed by atoms with Gasteiger partial charge in [0.2, 0.25) is 0 Å². The molecule has 0 saturated heterocycles. The van der Waals surface area contributed by atoms with Crippen LogP contribution in [-0.2, 0) is 6.42 Å². The Morgan fingerprint density at radius 1 is 1.57 bits per heavy atom. The molecule has 0 amide bonds. The van der Waals surface area contributed by atoms with Gasteiger partial charge in [0, 0.05) is 16.7 Å². The Balaban J connectivity index is 2.08. The zero-order valence-corrected chi connectivity index (χ0v) is 9.02. The summed E-state index contributed by atoms with van der Waals surface area (Å²) in [5.74, 6) is 5.47. The van der Waals surface area contributed by atoms with E-state index in [0.717, 1.165) is 12.1 Å².